The summed E-state index contributed by atoms with van der Waals surface area (Å²) >= 11 is 6.16. The second kappa shape index (κ2) is 10.0. The van der Waals surface area contributed by atoms with Crippen LogP contribution in [0.25, 0.3) is 11.1 Å². The minimum Gasteiger partial charge on any atom is -0.472 e. The summed E-state index contributed by atoms with van der Waals surface area (Å²) in [5, 5.41) is 20.1. The zero-order valence-corrected chi connectivity index (χ0v) is 21.0. The van der Waals surface area contributed by atoms with Crippen LogP contribution in [0.4, 0.5) is 5.69 Å². The highest BCUT2D eigenvalue weighted by molar-refractivity contribution is 6.33. The van der Waals surface area contributed by atoms with E-state index in [-0.39, 0.29) is 29.4 Å². The summed E-state index contributed by atoms with van der Waals surface area (Å²) in [6.07, 6.45) is 5.58. The van der Waals surface area contributed by atoms with Gasteiger partial charge in [0, 0.05) is 48.9 Å². The fourth-order valence-corrected chi connectivity index (χ4v) is 5.46. The fourth-order valence-electron chi connectivity index (χ4n) is 5.25. The Morgan fingerprint density at radius 1 is 1.33 bits per heavy atom. The number of Topliss-reactive ketones (excluding diaryl/α,β-unsaturated/α-hetero) is 1. The molecule has 3 aromatic rings. The van der Waals surface area contributed by atoms with Gasteiger partial charge in [0.05, 0.1) is 24.1 Å². The Labute approximate surface area is 213 Å². The van der Waals surface area contributed by atoms with Crippen molar-refractivity contribution in [3.63, 3.8) is 0 Å². The maximum absolute atomic E-state index is 11.8. The molecule has 2 aliphatic rings. The van der Waals surface area contributed by atoms with Crippen molar-refractivity contribution in [1.29, 1.82) is 0 Å². The Balaban J connectivity index is 1.26. The van der Waals surface area contributed by atoms with Crippen LogP contribution in [0, 0.1) is 25.7 Å². The lowest BCUT2D eigenvalue weighted by atomic mass is 9.73. The number of halogens is 1. The maximum Gasteiger partial charge on any atom is 0.285 e. The number of ketones is 1. The average Bonchev–Trinajstić information content (AvgIpc) is 3.40. The van der Waals surface area contributed by atoms with Crippen LogP contribution in [0.15, 0.2) is 29.3 Å². The van der Waals surface area contributed by atoms with Gasteiger partial charge in [-0.3, -0.25) is 14.3 Å². The number of nitrogens with zero attached hydrogens (tertiary/aromatic N) is 5. The fraction of sp³-hybridized carbons (Fsp3) is 0.480. The highest BCUT2D eigenvalue weighted by atomic mass is 35.5. The Kier molecular flexibility index (Phi) is 6.81. The second-order valence-corrected chi connectivity index (χ2v) is 10.0. The van der Waals surface area contributed by atoms with E-state index >= 15 is 0 Å². The molecule has 0 aromatic carbocycles. The van der Waals surface area contributed by atoms with Crippen molar-refractivity contribution in [3.8, 4) is 17.0 Å². The van der Waals surface area contributed by atoms with Crippen LogP contribution >= 0.6 is 11.6 Å². The summed E-state index contributed by atoms with van der Waals surface area (Å²) < 4.78 is 8.22. The standard InChI is InChI=1S/C25H29ClN6O4/c1-14-23(15(2)32(30-14)11-16-7-18(8-16)21(34)13-33)17-3-5-27-22(9-17)36-19-4-6-31(12-19)20-10-28-29-25(35)24(20)26/h3,5,9-10,16,18-19,33H,4,6-8,11-13H2,1-2H3,(H,29,35)/t16?,18?,19-/m1/s1. The SMILES string of the molecule is Cc1nn(CC2CC(C(=O)CO)C2)c(C)c1-c1ccnc(O[C@@H]2CCN(c3cn[nH]c(=O)c3Cl)C2)c1. The summed E-state index contributed by atoms with van der Waals surface area (Å²) in [6, 6.07) is 3.89. The zero-order valence-electron chi connectivity index (χ0n) is 20.3. The first-order valence-corrected chi connectivity index (χ1v) is 12.5. The van der Waals surface area contributed by atoms with Crippen molar-refractivity contribution in [2.75, 3.05) is 24.6 Å². The molecule has 2 N–H and O–H groups in total. The first-order chi connectivity index (χ1) is 17.3. The first-order valence-electron chi connectivity index (χ1n) is 12.1. The van der Waals surface area contributed by atoms with E-state index < -0.39 is 5.56 Å². The van der Waals surface area contributed by atoms with Gasteiger partial charge in [-0.1, -0.05) is 11.6 Å². The van der Waals surface area contributed by atoms with Crippen molar-refractivity contribution in [2.45, 2.75) is 45.8 Å². The van der Waals surface area contributed by atoms with E-state index in [4.69, 9.17) is 26.5 Å². The smallest absolute Gasteiger partial charge is 0.285 e. The average molecular weight is 513 g/mol. The Morgan fingerprint density at radius 2 is 2.14 bits per heavy atom. The monoisotopic (exact) mass is 512 g/mol. The lowest BCUT2D eigenvalue weighted by Gasteiger charge is -2.34. The van der Waals surface area contributed by atoms with Crippen molar-refractivity contribution >= 4 is 23.1 Å². The summed E-state index contributed by atoms with van der Waals surface area (Å²) in [5.41, 5.74) is 4.22. The number of hydrogen-bond acceptors (Lipinski definition) is 8. The van der Waals surface area contributed by atoms with Gasteiger partial charge in [0.15, 0.2) is 5.78 Å². The third-order valence-corrected chi connectivity index (χ3v) is 7.60. The molecule has 0 amide bonds. The van der Waals surface area contributed by atoms with Gasteiger partial charge in [-0.05, 0) is 44.2 Å². The number of H-pyrrole nitrogens is 1. The van der Waals surface area contributed by atoms with Crippen molar-refractivity contribution in [1.82, 2.24) is 25.0 Å². The van der Waals surface area contributed by atoms with E-state index in [9.17, 15) is 9.59 Å². The molecular formula is C25H29ClN6O4. The maximum atomic E-state index is 11.8. The third kappa shape index (κ3) is 4.75. The number of ether oxygens (including phenoxy) is 1. The number of anilines is 1. The molecule has 0 bridgehead atoms. The number of hydrogen-bond donors (Lipinski definition) is 2. The molecule has 1 aliphatic carbocycles. The highest BCUT2D eigenvalue weighted by Crippen LogP contribution is 2.37. The molecule has 36 heavy (non-hydrogen) atoms. The van der Waals surface area contributed by atoms with Gasteiger partial charge in [-0.15, -0.1) is 0 Å². The van der Waals surface area contributed by atoms with Crippen LogP contribution in [0.3, 0.4) is 0 Å². The lowest BCUT2D eigenvalue weighted by molar-refractivity contribution is -0.129. The number of aliphatic hydroxyl groups excluding tert-OH is 1. The molecule has 11 heteroatoms. The molecule has 4 heterocycles. The molecule has 1 atom stereocenters. The normalized spacial score (nSPS) is 21.4. The van der Waals surface area contributed by atoms with Gasteiger partial charge in [0.2, 0.25) is 5.88 Å². The molecule has 2 fully saturated rings. The van der Waals surface area contributed by atoms with Gasteiger partial charge < -0.3 is 14.7 Å². The summed E-state index contributed by atoms with van der Waals surface area (Å²) in [5.74, 6) is 0.845. The molecular weight excluding hydrogens is 484 g/mol. The molecule has 0 radical (unpaired) electrons. The molecule has 10 nitrogen and oxygen atoms in total. The lowest BCUT2D eigenvalue weighted by Crippen LogP contribution is -2.34. The topological polar surface area (TPSA) is 126 Å². The van der Waals surface area contributed by atoms with Gasteiger partial charge in [-0.2, -0.15) is 10.2 Å². The van der Waals surface area contributed by atoms with E-state index in [1.54, 1.807) is 12.4 Å². The predicted molar refractivity (Wildman–Crippen MR) is 134 cm³/mol. The molecule has 5 rings (SSSR count). The summed E-state index contributed by atoms with van der Waals surface area (Å²) in [7, 11) is 0. The highest BCUT2D eigenvalue weighted by Gasteiger charge is 2.34. The van der Waals surface area contributed by atoms with Crippen LogP contribution < -0.4 is 15.2 Å². The summed E-state index contributed by atoms with van der Waals surface area (Å²) in [6.45, 7) is 5.71. The van der Waals surface area contributed by atoms with Crippen LogP contribution in [0.5, 0.6) is 5.88 Å². The van der Waals surface area contributed by atoms with Crippen LogP contribution in [0.1, 0.15) is 30.7 Å². The van der Waals surface area contributed by atoms with Crippen molar-refractivity contribution in [2.24, 2.45) is 11.8 Å². The number of aromatic amines is 1. The molecule has 3 aromatic heterocycles. The number of nitrogens with one attached hydrogen (secondary N) is 1. The molecule has 190 valence electrons. The Hall–Kier alpha value is -3.24. The molecule has 1 saturated carbocycles. The number of carbonyl (C=O) groups excluding carboxylic acids is 1. The Bertz CT molecular complexity index is 1330. The van der Waals surface area contributed by atoms with Crippen molar-refractivity contribution < 1.29 is 14.6 Å². The molecule has 0 spiro atoms. The van der Waals surface area contributed by atoms with Crippen LogP contribution in [-0.4, -0.2) is 61.7 Å². The first kappa shape index (κ1) is 24.5. The molecule has 1 aliphatic heterocycles. The zero-order chi connectivity index (χ0) is 25.4. The van der Waals surface area contributed by atoms with E-state index in [2.05, 4.69) is 22.1 Å². The summed E-state index contributed by atoms with van der Waals surface area (Å²) in [4.78, 5) is 29.9. The van der Waals surface area contributed by atoms with E-state index in [1.165, 1.54) is 0 Å². The largest absolute Gasteiger partial charge is 0.472 e. The number of aryl methyl sites for hydroxylation is 1. The van der Waals surface area contributed by atoms with E-state index in [0.717, 1.165) is 48.3 Å². The predicted octanol–water partition coefficient (Wildman–Crippen LogP) is 2.54. The van der Waals surface area contributed by atoms with Crippen LogP contribution in [0.2, 0.25) is 5.02 Å². The Morgan fingerprint density at radius 3 is 2.92 bits per heavy atom. The third-order valence-electron chi connectivity index (χ3n) is 7.23. The van der Waals surface area contributed by atoms with Crippen molar-refractivity contribution in [3.05, 3.63) is 51.3 Å². The van der Waals surface area contributed by atoms with Gasteiger partial charge in [-0.25, -0.2) is 10.1 Å². The second-order valence-electron chi connectivity index (χ2n) is 9.64. The number of aliphatic hydroxyl groups is 1. The molecule has 1 saturated heterocycles. The number of pyridine rings is 1. The van der Waals surface area contributed by atoms with Gasteiger partial charge >= 0.3 is 0 Å². The van der Waals surface area contributed by atoms with E-state index in [1.807, 2.05) is 28.6 Å². The quantitative estimate of drug-likeness (QED) is 0.471. The van der Waals surface area contributed by atoms with Gasteiger partial charge in [0.1, 0.15) is 17.7 Å². The molecule has 0 unspecified atom stereocenters. The van der Waals surface area contributed by atoms with Gasteiger partial charge in [0.25, 0.3) is 5.56 Å². The number of carbonyl (C=O) groups is 1. The minimum absolute atomic E-state index is 0.0160. The van der Waals surface area contributed by atoms with Crippen LogP contribution in [-0.2, 0) is 11.3 Å². The van der Waals surface area contributed by atoms with E-state index in [0.29, 0.717) is 30.6 Å². The number of rotatable bonds is 8. The number of aromatic nitrogens is 5. The minimum atomic E-state index is -0.407.